The van der Waals surface area contributed by atoms with Crippen molar-refractivity contribution in [3.05, 3.63) is 81.9 Å². The van der Waals surface area contributed by atoms with Gasteiger partial charge in [0.1, 0.15) is 0 Å². The van der Waals surface area contributed by atoms with Gasteiger partial charge in [0.05, 0.1) is 18.7 Å². The van der Waals surface area contributed by atoms with Gasteiger partial charge in [-0.1, -0.05) is 42.5 Å². The summed E-state index contributed by atoms with van der Waals surface area (Å²) in [4.78, 5) is 15.5. The van der Waals surface area contributed by atoms with E-state index in [1.165, 1.54) is 0 Å². The third-order valence-electron chi connectivity index (χ3n) is 4.18. The predicted molar refractivity (Wildman–Crippen MR) is 105 cm³/mol. The lowest BCUT2D eigenvalue weighted by Gasteiger charge is -2.11. The zero-order valence-corrected chi connectivity index (χ0v) is 15.8. The van der Waals surface area contributed by atoms with Gasteiger partial charge in [0.2, 0.25) is 0 Å². The number of aryl methyl sites for hydroxylation is 1. The van der Waals surface area contributed by atoms with E-state index in [2.05, 4.69) is 23.2 Å². The van der Waals surface area contributed by atoms with Gasteiger partial charge in [0.15, 0.2) is 4.77 Å². The molecule has 0 fully saturated rings. The number of hydrogen-bond donors (Lipinski definition) is 1. The monoisotopic (exact) mass is 366 g/mol. The number of aromatic nitrogens is 2. The minimum absolute atomic E-state index is 0.178. The molecule has 0 saturated heterocycles. The average molecular weight is 366 g/mol. The highest BCUT2D eigenvalue weighted by Crippen LogP contribution is 2.21. The van der Waals surface area contributed by atoms with E-state index in [1.54, 1.807) is 0 Å². The molecule has 0 spiro atoms. The molecule has 0 saturated carbocycles. The quantitative estimate of drug-likeness (QED) is 0.515. The van der Waals surface area contributed by atoms with Crippen molar-refractivity contribution in [1.29, 1.82) is 0 Å². The van der Waals surface area contributed by atoms with Crippen molar-refractivity contribution in [1.82, 2.24) is 9.55 Å². The zero-order chi connectivity index (χ0) is 18.5. The molecule has 1 heterocycles. The summed E-state index contributed by atoms with van der Waals surface area (Å²) >= 11 is 5.57. The third-order valence-corrected chi connectivity index (χ3v) is 4.46. The van der Waals surface area contributed by atoms with Crippen LogP contribution in [0.1, 0.15) is 29.4 Å². The summed E-state index contributed by atoms with van der Waals surface area (Å²) in [5.41, 5.74) is 5.03. The summed E-state index contributed by atoms with van der Waals surface area (Å²) in [6, 6.07) is 18.2. The van der Waals surface area contributed by atoms with E-state index in [0.717, 1.165) is 28.2 Å². The smallest absolute Gasteiger partial charge is 0.311 e. The maximum Gasteiger partial charge on any atom is 0.311 e. The van der Waals surface area contributed by atoms with Gasteiger partial charge in [-0.25, -0.2) is 0 Å². The number of carbonyl (C=O) groups is 1. The molecule has 0 radical (unpaired) electrons. The highest BCUT2D eigenvalue weighted by molar-refractivity contribution is 7.71. The molecule has 134 valence electrons. The fraction of sp³-hybridized carbons (Fsp3) is 0.238. The van der Waals surface area contributed by atoms with Crippen LogP contribution in [0.3, 0.4) is 0 Å². The van der Waals surface area contributed by atoms with Crippen molar-refractivity contribution >= 4 is 18.2 Å². The first-order valence-corrected chi connectivity index (χ1v) is 9.08. The van der Waals surface area contributed by atoms with Gasteiger partial charge in [-0.2, -0.15) is 0 Å². The lowest BCUT2D eigenvalue weighted by Crippen LogP contribution is -2.13. The molecule has 3 rings (SSSR count). The van der Waals surface area contributed by atoms with Crippen LogP contribution >= 0.6 is 12.2 Å². The molecular weight excluding hydrogens is 344 g/mol. The van der Waals surface area contributed by atoms with Crippen molar-refractivity contribution in [3.8, 4) is 5.69 Å². The summed E-state index contributed by atoms with van der Waals surface area (Å²) in [6.45, 7) is 4.21. The Morgan fingerprint density at radius 3 is 2.62 bits per heavy atom. The third kappa shape index (κ3) is 4.11. The Morgan fingerprint density at radius 1 is 1.15 bits per heavy atom. The van der Waals surface area contributed by atoms with Crippen LogP contribution in [0.25, 0.3) is 5.69 Å². The summed E-state index contributed by atoms with van der Waals surface area (Å²) in [6.07, 6.45) is 0.856. The molecular formula is C21H22N2O2S. The van der Waals surface area contributed by atoms with Crippen LogP contribution in [0, 0.1) is 11.7 Å². The van der Waals surface area contributed by atoms with Crippen molar-refractivity contribution < 1.29 is 9.53 Å². The molecule has 0 aliphatic rings. The van der Waals surface area contributed by atoms with Crippen molar-refractivity contribution in [2.24, 2.45) is 0 Å². The fourth-order valence-corrected chi connectivity index (χ4v) is 3.37. The van der Waals surface area contributed by atoms with E-state index in [9.17, 15) is 4.79 Å². The lowest BCUT2D eigenvalue weighted by atomic mass is 10.1. The number of ether oxygens (including phenoxy) is 1. The second-order valence-corrected chi connectivity index (χ2v) is 6.56. The number of H-pyrrole nitrogens is 1. The molecule has 0 bridgehead atoms. The van der Waals surface area contributed by atoms with Crippen molar-refractivity contribution in [3.63, 3.8) is 0 Å². The molecule has 26 heavy (non-hydrogen) atoms. The van der Waals surface area contributed by atoms with Crippen LogP contribution in [0.2, 0.25) is 0 Å². The van der Waals surface area contributed by atoms with E-state index in [4.69, 9.17) is 17.0 Å². The molecule has 0 unspecified atom stereocenters. The number of nitrogens with one attached hydrogen (secondary N) is 1. The summed E-state index contributed by atoms with van der Waals surface area (Å²) in [5.74, 6) is -0.253. The summed E-state index contributed by atoms with van der Waals surface area (Å²) in [5, 5.41) is 0. The van der Waals surface area contributed by atoms with Gasteiger partial charge in [-0.05, 0) is 49.3 Å². The molecule has 1 N–H and O–H groups in total. The van der Waals surface area contributed by atoms with E-state index >= 15 is 0 Å². The number of carbonyl (C=O) groups excluding carboxylic acids is 1. The molecule has 5 heteroatoms. The fourth-order valence-electron chi connectivity index (χ4n) is 3.04. The molecule has 3 aromatic rings. The number of benzene rings is 2. The maximum atomic E-state index is 12.2. The standard InChI is InChI=1S/C21H22N2O2S/c1-3-25-20(24)14-19-18(13-16-9-5-4-6-10-16)22-21(26)23(19)17-11-7-8-15(2)12-17/h4-12H,3,13-14H2,1-2H3,(H,22,26). The molecule has 0 aliphatic heterocycles. The molecule has 4 nitrogen and oxygen atoms in total. The number of imidazole rings is 1. The molecule has 0 aliphatic carbocycles. The van der Waals surface area contributed by atoms with Gasteiger partial charge in [-0.15, -0.1) is 0 Å². The summed E-state index contributed by atoms with van der Waals surface area (Å²) < 4.78 is 7.70. The molecule has 1 aromatic heterocycles. The van der Waals surface area contributed by atoms with Gasteiger partial charge in [0, 0.05) is 17.8 Å². The van der Waals surface area contributed by atoms with Gasteiger partial charge in [0.25, 0.3) is 0 Å². The second-order valence-electron chi connectivity index (χ2n) is 6.17. The Kier molecular flexibility index (Phi) is 5.68. The van der Waals surface area contributed by atoms with Crippen LogP contribution in [0.4, 0.5) is 0 Å². The predicted octanol–water partition coefficient (Wildman–Crippen LogP) is 4.54. The van der Waals surface area contributed by atoms with Gasteiger partial charge >= 0.3 is 5.97 Å². The first kappa shape index (κ1) is 18.1. The number of aromatic amines is 1. The number of nitrogens with zero attached hydrogens (tertiary/aromatic N) is 1. The molecule has 0 amide bonds. The van der Waals surface area contributed by atoms with E-state index in [0.29, 0.717) is 17.8 Å². The Bertz CT molecular complexity index is 958. The highest BCUT2D eigenvalue weighted by Gasteiger charge is 2.18. The largest absolute Gasteiger partial charge is 0.466 e. The Labute approximate surface area is 158 Å². The number of rotatable bonds is 6. The van der Waals surface area contributed by atoms with E-state index in [1.807, 2.05) is 54.8 Å². The minimum Gasteiger partial charge on any atom is -0.466 e. The van der Waals surface area contributed by atoms with Crippen LogP contribution in [0.5, 0.6) is 0 Å². The maximum absolute atomic E-state index is 12.2. The normalized spacial score (nSPS) is 10.7. The minimum atomic E-state index is -0.253. The Morgan fingerprint density at radius 2 is 1.92 bits per heavy atom. The first-order chi connectivity index (χ1) is 12.6. The van der Waals surface area contributed by atoms with Crippen LogP contribution < -0.4 is 0 Å². The van der Waals surface area contributed by atoms with E-state index < -0.39 is 0 Å². The van der Waals surface area contributed by atoms with Crippen molar-refractivity contribution in [2.75, 3.05) is 6.61 Å². The Hall–Kier alpha value is -2.66. The van der Waals surface area contributed by atoms with Crippen LogP contribution in [-0.4, -0.2) is 22.1 Å². The number of esters is 1. The van der Waals surface area contributed by atoms with Crippen LogP contribution in [0.15, 0.2) is 54.6 Å². The topological polar surface area (TPSA) is 47.0 Å². The zero-order valence-electron chi connectivity index (χ0n) is 15.0. The molecule has 2 aromatic carbocycles. The van der Waals surface area contributed by atoms with Crippen LogP contribution in [-0.2, 0) is 22.4 Å². The average Bonchev–Trinajstić information content (AvgIpc) is 2.91. The van der Waals surface area contributed by atoms with Gasteiger partial charge < -0.3 is 9.72 Å². The summed E-state index contributed by atoms with van der Waals surface area (Å²) in [7, 11) is 0. The second kappa shape index (κ2) is 8.15. The Balaban J connectivity index is 2.08. The van der Waals surface area contributed by atoms with Gasteiger partial charge in [-0.3, -0.25) is 9.36 Å². The highest BCUT2D eigenvalue weighted by atomic mass is 32.1. The van der Waals surface area contributed by atoms with E-state index in [-0.39, 0.29) is 12.4 Å². The SMILES string of the molecule is CCOC(=O)Cc1c(Cc2ccccc2)[nH]c(=S)n1-c1cccc(C)c1. The first-order valence-electron chi connectivity index (χ1n) is 8.68. The molecule has 0 atom stereocenters. The number of hydrogen-bond acceptors (Lipinski definition) is 3. The lowest BCUT2D eigenvalue weighted by molar-refractivity contribution is -0.142. The van der Waals surface area contributed by atoms with Crippen molar-refractivity contribution in [2.45, 2.75) is 26.7 Å².